The number of hydrogen-bond donors (Lipinski definition) is 2. The Morgan fingerprint density at radius 1 is 1.56 bits per heavy atom. The fourth-order valence-corrected chi connectivity index (χ4v) is 1.48. The quantitative estimate of drug-likeness (QED) is 0.777. The largest absolute Gasteiger partial charge is 0.508 e. The summed E-state index contributed by atoms with van der Waals surface area (Å²) in [6.45, 7) is 5.23. The summed E-state index contributed by atoms with van der Waals surface area (Å²) in [7, 11) is 0. The molecule has 1 atom stereocenters. The van der Waals surface area contributed by atoms with E-state index in [0.717, 1.165) is 12.5 Å². The van der Waals surface area contributed by atoms with E-state index in [9.17, 15) is 14.3 Å². The zero-order chi connectivity index (χ0) is 12.3. The van der Waals surface area contributed by atoms with Gasteiger partial charge < -0.3 is 10.4 Å². The number of amides is 1. The van der Waals surface area contributed by atoms with Gasteiger partial charge in [-0.2, -0.15) is 0 Å². The summed E-state index contributed by atoms with van der Waals surface area (Å²) in [4.78, 5) is 10.9. The fraction of sp³-hybridized carbons (Fsp3) is 0.417. The molecule has 1 aromatic rings. The lowest BCUT2D eigenvalue weighted by Gasteiger charge is -2.14. The molecule has 0 aliphatic heterocycles. The molecule has 0 radical (unpaired) electrons. The number of nitrogens with one attached hydrogen (secondary N) is 1. The van der Waals surface area contributed by atoms with Crippen LogP contribution >= 0.6 is 0 Å². The van der Waals surface area contributed by atoms with Crippen LogP contribution in [0.5, 0.6) is 5.75 Å². The highest BCUT2D eigenvalue weighted by Gasteiger charge is 2.14. The number of phenols is 1. The molecule has 3 nitrogen and oxygen atoms in total. The number of benzene rings is 1. The van der Waals surface area contributed by atoms with Crippen molar-refractivity contribution in [3.63, 3.8) is 0 Å². The molecule has 0 bridgehead atoms. The lowest BCUT2D eigenvalue weighted by Crippen LogP contribution is -2.08. The van der Waals surface area contributed by atoms with E-state index in [1.54, 1.807) is 0 Å². The smallest absolute Gasteiger partial charge is 0.221 e. The number of carbonyl (C=O) groups is 1. The van der Waals surface area contributed by atoms with Crippen LogP contribution in [0, 0.1) is 5.82 Å². The van der Waals surface area contributed by atoms with Gasteiger partial charge in [-0.3, -0.25) is 4.79 Å². The van der Waals surface area contributed by atoms with Gasteiger partial charge in [0.15, 0.2) is 0 Å². The van der Waals surface area contributed by atoms with Crippen LogP contribution in [0.1, 0.15) is 38.7 Å². The van der Waals surface area contributed by atoms with E-state index in [-0.39, 0.29) is 23.3 Å². The summed E-state index contributed by atoms with van der Waals surface area (Å²) in [5, 5.41) is 12.0. The van der Waals surface area contributed by atoms with Crippen molar-refractivity contribution >= 4 is 11.6 Å². The molecule has 1 rings (SSSR count). The molecule has 1 amide bonds. The third kappa shape index (κ3) is 2.72. The standard InChI is InChI=1S/C12H16FNO2/c1-4-7(2)9-5-11(14-8(3)15)10(13)6-12(9)16/h5-7,16H,4H2,1-3H3,(H,14,15). The molecule has 16 heavy (non-hydrogen) atoms. The molecular formula is C12H16FNO2. The van der Waals surface area contributed by atoms with Gasteiger partial charge in [0.05, 0.1) is 5.69 Å². The molecule has 88 valence electrons. The molecule has 0 aliphatic rings. The predicted molar refractivity (Wildman–Crippen MR) is 61.1 cm³/mol. The molecule has 0 heterocycles. The summed E-state index contributed by atoms with van der Waals surface area (Å²) in [6.07, 6.45) is 0.832. The first kappa shape index (κ1) is 12.5. The van der Waals surface area contributed by atoms with Gasteiger partial charge in [0, 0.05) is 13.0 Å². The average Bonchev–Trinajstić information content (AvgIpc) is 2.20. The van der Waals surface area contributed by atoms with Crippen LogP contribution in [-0.4, -0.2) is 11.0 Å². The molecule has 0 aliphatic carbocycles. The first-order valence-corrected chi connectivity index (χ1v) is 5.25. The number of anilines is 1. The Morgan fingerprint density at radius 2 is 2.19 bits per heavy atom. The maximum Gasteiger partial charge on any atom is 0.221 e. The molecule has 4 heteroatoms. The lowest BCUT2D eigenvalue weighted by molar-refractivity contribution is -0.114. The van der Waals surface area contributed by atoms with E-state index < -0.39 is 5.82 Å². The van der Waals surface area contributed by atoms with Crippen molar-refractivity contribution in [3.8, 4) is 5.75 Å². The zero-order valence-electron chi connectivity index (χ0n) is 9.67. The molecule has 2 N–H and O–H groups in total. The Labute approximate surface area is 94.3 Å². The van der Waals surface area contributed by atoms with E-state index in [4.69, 9.17) is 0 Å². The van der Waals surface area contributed by atoms with Crippen LogP contribution in [0.15, 0.2) is 12.1 Å². The maximum atomic E-state index is 13.4. The first-order valence-electron chi connectivity index (χ1n) is 5.25. The number of hydrogen-bond acceptors (Lipinski definition) is 2. The van der Waals surface area contributed by atoms with E-state index >= 15 is 0 Å². The highest BCUT2D eigenvalue weighted by Crippen LogP contribution is 2.32. The van der Waals surface area contributed by atoms with Crippen LogP contribution in [-0.2, 0) is 4.79 Å². The van der Waals surface area contributed by atoms with Crippen LogP contribution < -0.4 is 5.32 Å². The molecule has 0 saturated heterocycles. The first-order chi connectivity index (χ1) is 7.45. The second kappa shape index (κ2) is 4.96. The zero-order valence-corrected chi connectivity index (χ0v) is 9.67. The van der Waals surface area contributed by atoms with Crippen LogP contribution in [0.25, 0.3) is 0 Å². The molecule has 0 aromatic heterocycles. The van der Waals surface area contributed by atoms with Gasteiger partial charge in [0.2, 0.25) is 5.91 Å². The molecule has 1 aromatic carbocycles. The fourth-order valence-electron chi connectivity index (χ4n) is 1.48. The highest BCUT2D eigenvalue weighted by atomic mass is 19.1. The number of phenolic OH excluding ortho intramolecular Hbond substituents is 1. The Kier molecular flexibility index (Phi) is 3.88. The van der Waals surface area contributed by atoms with E-state index in [1.165, 1.54) is 13.0 Å². The van der Waals surface area contributed by atoms with Crippen molar-refractivity contribution < 1.29 is 14.3 Å². The van der Waals surface area contributed by atoms with Gasteiger partial charge in [0.1, 0.15) is 11.6 Å². The summed E-state index contributed by atoms with van der Waals surface area (Å²) in [6, 6.07) is 2.52. The van der Waals surface area contributed by atoms with Crippen molar-refractivity contribution in [2.24, 2.45) is 0 Å². The van der Waals surface area contributed by atoms with Crippen molar-refractivity contribution in [1.29, 1.82) is 0 Å². The van der Waals surface area contributed by atoms with Crippen LogP contribution in [0.3, 0.4) is 0 Å². The highest BCUT2D eigenvalue weighted by molar-refractivity contribution is 5.89. The molecule has 0 saturated carbocycles. The SMILES string of the molecule is CCC(C)c1cc(NC(C)=O)c(F)cc1O. The van der Waals surface area contributed by atoms with Gasteiger partial charge in [-0.05, 0) is 24.0 Å². The molecule has 0 spiro atoms. The average molecular weight is 225 g/mol. The minimum absolute atomic E-state index is 0.0686. The van der Waals surface area contributed by atoms with E-state index in [1.807, 2.05) is 13.8 Å². The van der Waals surface area contributed by atoms with Crippen LogP contribution in [0.2, 0.25) is 0 Å². The minimum atomic E-state index is -0.625. The maximum absolute atomic E-state index is 13.4. The summed E-state index contributed by atoms with van der Waals surface area (Å²) >= 11 is 0. The lowest BCUT2D eigenvalue weighted by atomic mass is 9.97. The summed E-state index contributed by atoms with van der Waals surface area (Å²) in [5.74, 6) is -0.909. The Balaban J connectivity index is 3.15. The third-order valence-corrected chi connectivity index (χ3v) is 2.57. The van der Waals surface area contributed by atoms with Gasteiger partial charge in [-0.1, -0.05) is 13.8 Å². The second-order valence-corrected chi connectivity index (χ2v) is 3.88. The van der Waals surface area contributed by atoms with Gasteiger partial charge in [-0.15, -0.1) is 0 Å². The molecular weight excluding hydrogens is 209 g/mol. The van der Waals surface area contributed by atoms with Gasteiger partial charge >= 0.3 is 0 Å². The normalized spacial score (nSPS) is 12.2. The number of rotatable bonds is 3. The molecule has 0 fully saturated rings. The monoisotopic (exact) mass is 225 g/mol. The van der Waals surface area contributed by atoms with Crippen molar-refractivity contribution in [3.05, 3.63) is 23.5 Å². The third-order valence-electron chi connectivity index (χ3n) is 2.57. The number of aromatic hydroxyl groups is 1. The topological polar surface area (TPSA) is 49.3 Å². The Hall–Kier alpha value is -1.58. The Morgan fingerprint density at radius 3 is 2.69 bits per heavy atom. The minimum Gasteiger partial charge on any atom is -0.508 e. The molecule has 1 unspecified atom stereocenters. The summed E-state index contributed by atoms with van der Waals surface area (Å²) in [5.41, 5.74) is 0.758. The second-order valence-electron chi connectivity index (χ2n) is 3.88. The van der Waals surface area contributed by atoms with Crippen molar-refractivity contribution in [2.45, 2.75) is 33.1 Å². The van der Waals surface area contributed by atoms with Gasteiger partial charge in [-0.25, -0.2) is 4.39 Å². The van der Waals surface area contributed by atoms with Crippen molar-refractivity contribution in [2.75, 3.05) is 5.32 Å². The van der Waals surface area contributed by atoms with E-state index in [2.05, 4.69) is 5.32 Å². The number of halogens is 1. The van der Waals surface area contributed by atoms with Crippen LogP contribution in [0.4, 0.5) is 10.1 Å². The number of carbonyl (C=O) groups excluding carboxylic acids is 1. The summed E-state index contributed by atoms with van der Waals surface area (Å²) < 4.78 is 13.4. The Bertz CT molecular complexity index is 404. The van der Waals surface area contributed by atoms with E-state index in [0.29, 0.717) is 5.56 Å². The predicted octanol–water partition coefficient (Wildman–Crippen LogP) is 3.00. The van der Waals surface area contributed by atoms with Crippen molar-refractivity contribution in [1.82, 2.24) is 0 Å². The van der Waals surface area contributed by atoms with Gasteiger partial charge in [0.25, 0.3) is 0 Å².